The lowest BCUT2D eigenvalue weighted by molar-refractivity contribution is 0.110. The molecule has 1 aliphatic heterocycles. The second-order valence-corrected chi connectivity index (χ2v) is 6.18. The number of piperidine rings is 1. The third-order valence-corrected chi connectivity index (χ3v) is 4.24. The number of rotatable bonds is 6. The summed E-state index contributed by atoms with van der Waals surface area (Å²) in [5.74, 6) is 1.61. The summed E-state index contributed by atoms with van der Waals surface area (Å²) >= 11 is 0. The number of nitrogens with one attached hydrogen (secondary N) is 1. The van der Waals surface area contributed by atoms with E-state index in [0.717, 1.165) is 24.6 Å². The molecule has 1 fully saturated rings. The van der Waals surface area contributed by atoms with Crippen LogP contribution in [0.4, 0.5) is 0 Å². The molecule has 0 saturated carbocycles. The lowest BCUT2D eigenvalue weighted by Crippen LogP contribution is -2.45. The number of likely N-dealkylation sites (N-methyl/N-ethyl adjacent to an activating group) is 1. The molecule has 114 valence electrons. The molecule has 5 heteroatoms. The number of aromatic nitrogens is 2. The molecule has 2 rings (SSSR count). The molecule has 20 heavy (non-hydrogen) atoms. The van der Waals surface area contributed by atoms with Crippen LogP contribution in [0.25, 0.3) is 0 Å². The van der Waals surface area contributed by atoms with Gasteiger partial charge in [0.15, 0.2) is 5.82 Å². The molecule has 2 heterocycles. The average molecular weight is 280 g/mol. The van der Waals surface area contributed by atoms with Gasteiger partial charge in [-0.1, -0.05) is 11.6 Å². The molecule has 1 aromatic rings. The van der Waals surface area contributed by atoms with Gasteiger partial charge in [-0.2, -0.15) is 4.98 Å². The van der Waals surface area contributed by atoms with E-state index in [9.17, 15) is 0 Å². The number of hydrogen-bond acceptors (Lipinski definition) is 5. The highest BCUT2D eigenvalue weighted by Crippen LogP contribution is 2.22. The van der Waals surface area contributed by atoms with Crippen molar-refractivity contribution in [2.24, 2.45) is 0 Å². The fraction of sp³-hybridized carbons (Fsp3) is 0.867. The first kappa shape index (κ1) is 15.4. The van der Waals surface area contributed by atoms with Crippen molar-refractivity contribution in [3.8, 4) is 0 Å². The molecule has 0 amide bonds. The first-order chi connectivity index (χ1) is 9.60. The van der Waals surface area contributed by atoms with E-state index < -0.39 is 0 Å². The molecule has 1 aliphatic rings. The molecule has 0 spiro atoms. The van der Waals surface area contributed by atoms with E-state index in [2.05, 4.69) is 41.1 Å². The van der Waals surface area contributed by atoms with Gasteiger partial charge in [-0.25, -0.2) is 0 Å². The molecule has 0 bridgehead atoms. The average Bonchev–Trinajstić information content (AvgIpc) is 2.86. The summed E-state index contributed by atoms with van der Waals surface area (Å²) in [7, 11) is 1.95. The smallest absolute Gasteiger partial charge is 0.228 e. The van der Waals surface area contributed by atoms with E-state index in [4.69, 9.17) is 4.52 Å². The molecular weight excluding hydrogens is 252 g/mol. The Morgan fingerprint density at radius 3 is 2.85 bits per heavy atom. The Balaban J connectivity index is 1.94. The first-order valence-corrected chi connectivity index (χ1v) is 7.84. The largest absolute Gasteiger partial charge is 0.339 e. The van der Waals surface area contributed by atoms with Crippen LogP contribution in [0.15, 0.2) is 4.52 Å². The van der Waals surface area contributed by atoms with Gasteiger partial charge in [0.2, 0.25) is 5.89 Å². The summed E-state index contributed by atoms with van der Waals surface area (Å²) in [6.07, 6.45) is 5.58. The summed E-state index contributed by atoms with van der Waals surface area (Å²) in [5, 5.41) is 7.34. The topological polar surface area (TPSA) is 54.2 Å². The Bertz CT molecular complexity index is 404. The van der Waals surface area contributed by atoms with Gasteiger partial charge in [-0.05, 0) is 47.2 Å². The maximum atomic E-state index is 5.35. The molecule has 1 aromatic heterocycles. The maximum absolute atomic E-state index is 5.35. The fourth-order valence-corrected chi connectivity index (χ4v) is 2.95. The van der Waals surface area contributed by atoms with Crippen molar-refractivity contribution in [1.29, 1.82) is 0 Å². The molecule has 0 aromatic carbocycles. The molecular formula is C15H28N4O. The summed E-state index contributed by atoms with van der Waals surface area (Å²) in [6, 6.07) is 1.53. The molecule has 1 saturated heterocycles. The Morgan fingerprint density at radius 2 is 2.15 bits per heavy atom. The minimum Gasteiger partial charge on any atom is -0.339 e. The van der Waals surface area contributed by atoms with Crippen molar-refractivity contribution in [2.45, 2.75) is 71.0 Å². The van der Waals surface area contributed by atoms with E-state index in [0.29, 0.717) is 18.1 Å². The van der Waals surface area contributed by atoms with Crippen molar-refractivity contribution < 1.29 is 4.52 Å². The van der Waals surface area contributed by atoms with Gasteiger partial charge in [0.25, 0.3) is 0 Å². The van der Waals surface area contributed by atoms with Crippen LogP contribution in [0.2, 0.25) is 0 Å². The Morgan fingerprint density at radius 1 is 1.35 bits per heavy atom. The standard InChI is InChI=1S/C15H28N4O/c1-11(2)19-8-6-5-7-13(19)10-14-17-15(20-18-14)9-12(3)16-4/h11-13,16H,5-10H2,1-4H3. The zero-order valence-electron chi connectivity index (χ0n) is 13.2. The molecule has 5 nitrogen and oxygen atoms in total. The van der Waals surface area contributed by atoms with Crippen LogP contribution in [-0.4, -0.2) is 46.8 Å². The van der Waals surface area contributed by atoms with Crippen molar-refractivity contribution in [1.82, 2.24) is 20.4 Å². The van der Waals surface area contributed by atoms with E-state index in [1.807, 2.05) is 7.05 Å². The normalized spacial score (nSPS) is 22.4. The maximum Gasteiger partial charge on any atom is 0.228 e. The van der Waals surface area contributed by atoms with Crippen LogP contribution in [0.1, 0.15) is 51.7 Å². The highest BCUT2D eigenvalue weighted by Gasteiger charge is 2.26. The second-order valence-electron chi connectivity index (χ2n) is 6.18. The third-order valence-electron chi connectivity index (χ3n) is 4.24. The van der Waals surface area contributed by atoms with Crippen LogP contribution in [0, 0.1) is 0 Å². The van der Waals surface area contributed by atoms with Gasteiger partial charge in [-0.15, -0.1) is 0 Å². The summed E-state index contributed by atoms with van der Waals surface area (Å²) < 4.78 is 5.35. The lowest BCUT2D eigenvalue weighted by atomic mass is 9.97. The Kier molecular flexibility index (Phi) is 5.54. The highest BCUT2D eigenvalue weighted by molar-refractivity contribution is 4.94. The van der Waals surface area contributed by atoms with Gasteiger partial charge in [0, 0.05) is 31.0 Å². The summed E-state index contributed by atoms with van der Waals surface area (Å²) in [6.45, 7) is 7.86. The molecule has 1 N–H and O–H groups in total. The zero-order valence-corrected chi connectivity index (χ0v) is 13.2. The van der Waals surface area contributed by atoms with Crippen LogP contribution in [-0.2, 0) is 12.8 Å². The molecule has 2 atom stereocenters. The number of hydrogen-bond donors (Lipinski definition) is 1. The predicted octanol–water partition coefficient (Wildman–Crippen LogP) is 2.03. The van der Waals surface area contributed by atoms with E-state index >= 15 is 0 Å². The van der Waals surface area contributed by atoms with Crippen LogP contribution < -0.4 is 5.32 Å². The van der Waals surface area contributed by atoms with Crippen molar-refractivity contribution in [2.75, 3.05) is 13.6 Å². The first-order valence-electron chi connectivity index (χ1n) is 7.84. The van der Waals surface area contributed by atoms with Crippen LogP contribution >= 0.6 is 0 Å². The molecule has 0 aliphatic carbocycles. The minimum atomic E-state index is 0.366. The monoisotopic (exact) mass is 280 g/mol. The molecule has 2 unspecified atom stereocenters. The predicted molar refractivity (Wildman–Crippen MR) is 79.7 cm³/mol. The minimum absolute atomic E-state index is 0.366. The number of likely N-dealkylation sites (tertiary alicyclic amines) is 1. The number of nitrogens with zero attached hydrogens (tertiary/aromatic N) is 3. The van der Waals surface area contributed by atoms with Gasteiger partial charge in [0.05, 0.1) is 0 Å². The van der Waals surface area contributed by atoms with Crippen molar-refractivity contribution in [3.05, 3.63) is 11.7 Å². The van der Waals surface area contributed by atoms with E-state index in [1.165, 1.54) is 25.8 Å². The summed E-state index contributed by atoms with van der Waals surface area (Å²) in [4.78, 5) is 7.12. The van der Waals surface area contributed by atoms with E-state index in [1.54, 1.807) is 0 Å². The van der Waals surface area contributed by atoms with Gasteiger partial charge in [-0.3, -0.25) is 4.90 Å². The van der Waals surface area contributed by atoms with Crippen LogP contribution in [0.5, 0.6) is 0 Å². The highest BCUT2D eigenvalue weighted by atomic mass is 16.5. The van der Waals surface area contributed by atoms with Crippen LogP contribution in [0.3, 0.4) is 0 Å². The van der Waals surface area contributed by atoms with Gasteiger partial charge < -0.3 is 9.84 Å². The van der Waals surface area contributed by atoms with E-state index in [-0.39, 0.29) is 0 Å². The van der Waals surface area contributed by atoms with Gasteiger partial charge >= 0.3 is 0 Å². The lowest BCUT2D eigenvalue weighted by Gasteiger charge is -2.38. The van der Waals surface area contributed by atoms with Crippen molar-refractivity contribution >= 4 is 0 Å². The summed E-state index contributed by atoms with van der Waals surface area (Å²) in [5.41, 5.74) is 0. The zero-order chi connectivity index (χ0) is 14.5. The second kappa shape index (κ2) is 7.18. The van der Waals surface area contributed by atoms with Gasteiger partial charge in [0.1, 0.15) is 0 Å². The third kappa shape index (κ3) is 4.03. The van der Waals surface area contributed by atoms with Crippen molar-refractivity contribution in [3.63, 3.8) is 0 Å². The quantitative estimate of drug-likeness (QED) is 0.864. The molecule has 0 radical (unpaired) electrons. The SMILES string of the molecule is CNC(C)Cc1nc(CC2CCCCN2C(C)C)no1. The fourth-order valence-electron chi connectivity index (χ4n) is 2.95. The Hall–Kier alpha value is -0.940. The Labute approximate surface area is 122 Å².